The van der Waals surface area contributed by atoms with Gasteiger partial charge in [0.25, 0.3) is 0 Å². The second-order valence-corrected chi connectivity index (χ2v) is 7.94. The van der Waals surface area contributed by atoms with Gasteiger partial charge in [-0.2, -0.15) is 0 Å². The Morgan fingerprint density at radius 3 is 2.33 bits per heavy atom. The van der Waals surface area contributed by atoms with Crippen LogP contribution in [0.25, 0.3) is 0 Å². The molecule has 0 saturated carbocycles. The fraction of sp³-hybridized carbons (Fsp3) is 0.500. The van der Waals surface area contributed by atoms with E-state index in [-0.39, 0.29) is 12.3 Å². The molecule has 7 heteroatoms. The molecule has 0 spiro atoms. The fourth-order valence-corrected chi connectivity index (χ4v) is 3.29. The van der Waals surface area contributed by atoms with Gasteiger partial charge in [-0.15, -0.1) is 0 Å². The Bertz CT molecular complexity index is 518. The van der Waals surface area contributed by atoms with E-state index >= 15 is 0 Å². The van der Waals surface area contributed by atoms with Crippen LogP contribution in [-0.2, 0) is 14.1 Å². The molecule has 1 unspecified atom stereocenters. The van der Waals surface area contributed by atoms with Crippen LogP contribution in [-0.4, -0.2) is 24.3 Å². The van der Waals surface area contributed by atoms with Gasteiger partial charge in [-0.05, 0) is 38.1 Å². The van der Waals surface area contributed by atoms with Crippen molar-refractivity contribution < 1.29 is 18.6 Å². The van der Waals surface area contributed by atoms with E-state index in [1.54, 1.807) is 52.0 Å². The monoisotopic (exact) mass is 333 g/mol. The molecule has 0 aliphatic rings. The Kier molecular flexibility index (Phi) is 6.72. The highest BCUT2D eigenvalue weighted by molar-refractivity contribution is 7.58. The minimum atomic E-state index is -3.26. The van der Waals surface area contributed by atoms with Crippen LogP contribution in [0.4, 0.5) is 0 Å². The first kappa shape index (κ1) is 18.0. The van der Waals surface area contributed by atoms with Crippen molar-refractivity contribution in [2.75, 3.05) is 6.61 Å². The molecular weight excluding hydrogens is 313 g/mol. The number of hydrogen-bond donors (Lipinski definition) is 1. The molecule has 0 saturated heterocycles. The summed E-state index contributed by atoms with van der Waals surface area (Å²) in [4.78, 5) is 11.7. The zero-order valence-electron chi connectivity index (χ0n) is 12.6. The predicted molar refractivity (Wildman–Crippen MR) is 84.1 cm³/mol. The Labute approximate surface area is 130 Å². The van der Waals surface area contributed by atoms with Crippen molar-refractivity contribution in [3.05, 3.63) is 29.3 Å². The first-order valence-electron chi connectivity index (χ1n) is 6.77. The van der Waals surface area contributed by atoms with Crippen molar-refractivity contribution in [2.45, 2.75) is 39.4 Å². The molecule has 1 N–H and O–H groups in total. The van der Waals surface area contributed by atoms with Gasteiger partial charge in [-0.3, -0.25) is 9.36 Å². The van der Waals surface area contributed by atoms with E-state index in [1.165, 1.54) is 0 Å². The average molecular weight is 334 g/mol. The number of nitrogens with one attached hydrogen (secondary N) is 1. The number of ether oxygens (including phenoxy) is 1. The molecular formula is C14H21ClNO4P. The highest BCUT2D eigenvalue weighted by atomic mass is 35.5. The lowest BCUT2D eigenvalue weighted by atomic mass is 10.3. The molecule has 118 valence electrons. The maximum absolute atomic E-state index is 12.9. The smallest absolute Gasteiger partial charge is 0.323 e. The van der Waals surface area contributed by atoms with Gasteiger partial charge in [0.05, 0.1) is 12.3 Å². The lowest BCUT2D eigenvalue weighted by Gasteiger charge is -2.26. The molecule has 0 fully saturated rings. The second kappa shape index (κ2) is 7.83. The molecule has 0 aliphatic carbocycles. The van der Waals surface area contributed by atoms with E-state index in [4.69, 9.17) is 20.9 Å². The highest BCUT2D eigenvalue weighted by Crippen LogP contribution is 2.48. The number of hydrogen-bond acceptors (Lipinski definition) is 4. The Hall–Kier alpha value is -1.03. The molecule has 1 rings (SSSR count). The van der Waals surface area contributed by atoms with Gasteiger partial charge in [-0.1, -0.05) is 25.4 Å². The molecule has 1 aromatic carbocycles. The summed E-state index contributed by atoms with van der Waals surface area (Å²) in [7, 11) is -3.26. The van der Waals surface area contributed by atoms with Crippen LogP contribution in [0.2, 0.25) is 5.02 Å². The Morgan fingerprint density at radius 2 is 1.86 bits per heavy atom. The zero-order valence-corrected chi connectivity index (χ0v) is 14.3. The van der Waals surface area contributed by atoms with Gasteiger partial charge in [0, 0.05) is 5.02 Å². The Morgan fingerprint density at radius 1 is 1.29 bits per heavy atom. The van der Waals surface area contributed by atoms with E-state index < -0.39 is 19.5 Å². The topological polar surface area (TPSA) is 64.6 Å². The molecule has 0 radical (unpaired) electrons. The van der Waals surface area contributed by atoms with Gasteiger partial charge >= 0.3 is 13.5 Å². The number of halogens is 1. The Balaban J connectivity index is 2.85. The van der Waals surface area contributed by atoms with Crippen molar-refractivity contribution >= 4 is 25.1 Å². The summed E-state index contributed by atoms with van der Waals surface area (Å²) in [6, 6.07) is 5.85. The van der Waals surface area contributed by atoms with Gasteiger partial charge < -0.3 is 9.26 Å². The highest BCUT2D eigenvalue weighted by Gasteiger charge is 2.33. The third-order valence-corrected chi connectivity index (χ3v) is 5.59. The molecule has 5 nitrogen and oxygen atoms in total. The number of rotatable bonds is 7. The van der Waals surface area contributed by atoms with Crippen LogP contribution in [0, 0.1) is 0 Å². The quantitative estimate of drug-likeness (QED) is 0.606. The fourth-order valence-electron chi connectivity index (χ4n) is 1.52. The minimum absolute atomic E-state index is 0.273. The first-order chi connectivity index (χ1) is 9.78. The van der Waals surface area contributed by atoms with Crippen molar-refractivity contribution in [3.63, 3.8) is 0 Å². The van der Waals surface area contributed by atoms with E-state index in [2.05, 4.69) is 5.09 Å². The number of esters is 1. The lowest BCUT2D eigenvalue weighted by molar-refractivity contribution is -0.144. The molecule has 0 bridgehead atoms. The molecule has 0 heterocycles. The largest absolute Gasteiger partial charge is 0.465 e. The van der Waals surface area contributed by atoms with E-state index in [0.29, 0.717) is 10.8 Å². The molecule has 1 aromatic rings. The van der Waals surface area contributed by atoms with Crippen LogP contribution < -0.4 is 9.61 Å². The van der Waals surface area contributed by atoms with Crippen LogP contribution in [0.1, 0.15) is 27.7 Å². The summed E-state index contributed by atoms with van der Waals surface area (Å²) in [6.07, 6.45) is 0. The maximum Gasteiger partial charge on any atom is 0.323 e. The SMILES string of the molecule is CCOC(=O)[C@H](C)NP(=O)(Oc1ccc(Cl)cc1)C(C)C. The standard InChI is InChI=1S/C14H21ClNO4P/c1-5-19-14(17)11(4)16-21(18,10(2)3)20-13-8-6-12(15)7-9-13/h6-11H,5H2,1-4H3,(H,16,18)/t11-,21?/m0/s1. The number of carbonyl (C=O) groups is 1. The second-order valence-electron chi connectivity index (χ2n) is 4.84. The van der Waals surface area contributed by atoms with Gasteiger partial charge in [0.15, 0.2) is 0 Å². The summed E-state index contributed by atoms with van der Waals surface area (Å²) in [5, 5.41) is 3.33. The van der Waals surface area contributed by atoms with E-state index in [0.717, 1.165) is 0 Å². The van der Waals surface area contributed by atoms with E-state index in [9.17, 15) is 9.36 Å². The third-order valence-electron chi connectivity index (χ3n) is 2.75. The third kappa shape index (κ3) is 5.34. The van der Waals surface area contributed by atoms with Crippen molar-refractivity contribution in [1.82, 2.24) is 5.09 Å². The first-order valence-corrected chi connectivity index (χ1v) is 8.85. The van der Waals surface area contributed by atoms with Gasteiger partial charge in [0.1, 0.15) is 11.8 Å². The lowest BCUT2D eigenvalue weighted by Crippen LogP contribution is -2.36. The van der Waals surface area contributed by atoms with Crippen molar-refractivity contribution in [3.8, 4) is 5.75 Å². The summed E-state index contributed by atoms with van der Waals surface area (Å²) < 4.78 is 23.4. The molecule has 0 aliphatic heterocycles. The number of carbonyl (C=O) groups excluding carboxylic acids is 1. The predicted octanol–water partition coefficient (Wildman–Crippen LogP) is 3.86. The van der Waals surface area contributed by atoms with E-state index in [1.807, 2.05) is 0 Å². The van der Waals surface area contributed by atoms with Crippen molar-refractivity contribution in [2.24, 2.45) is 0 Å². The van der Waals surface area contributed by atoms with Gasteiger partial charge in [-0.25, -0.2) is 5.09 Å². The minimum Gasteiger partial charge on any atom is -0.465 e. The van der Waals surface area contributed by atoms with Crippen LogP contribution in [0.3, 0.4) is 0 Å². The number of benzene rings is 1. The van der Waals surface area contributed by atoms with Crippen LogP contribution >= 0.6 is 19.1 Å². The summed E-state index contributed by atoms with van der Waals surface area (Å²) in [6.45, 7) is 7.12. The van der Waals surface area contributed by atoms with Crippen molar-refractivity contribution in [1.29, 1.82) is 0 Å². The van der Waals surface area contributed by atoms with Crippen LogP contribution in [0.15, 0.2) is 24.3 Å². The molecule has 2 atom stereocenters. The molecule has 0 amide bonds. The van der Waals surface area contributed by atoms with Gasteiger partial charge in [0.2, 0.25) is 0 Å². The average Bonchev–Trinajstić information content (AvgIpc) is 2.41. The zero-order chi connectivity index (χ0) is 16.0. The summed E-state index contributed by atoms with van der Waals surface area (Å²) >= 11 is 5.80. The molecule has 21 heavy (non-hydrogen) atoms. The maximum atomic E-state index is 12.9. The summed E-state index contributed by atoms with van der Waals surface area (Å²) in [5.41, 5.74) is -0.301. The normalized spacial score (nSPS) is 15.3. The van der Waals surface area contributed by atoms with Crippen LogP contribution in [0.5, 0.6) is 5.75 Å². The summed E-state index contributed by atoms with van der Waals surface area (Å²) in [5.74, 6) is -0.0296. The molecule has 0 aromatic heterocycles.